The summed E-state index contributed by atoms with van der Waals surface area (Å²) in [5.41, 5.74) is -0.999. The predicted octanol–water partition coefficient (Wildman–Crippen LogP) is 2.85. The Bertz CT molecular complexity index is 596. The highest BCUT2D eigenvalue weighted by Crippen LogP contribution is 2.49. The van der Waals surface area contributed by atoms with Crippen molar-refractivity contribution < 1.29 is 18.0 Å². The number of carbonyl (C=O) groups is 1. The zero-order chi connectivity index (χ0) is 16.7. The third-order valence-electron chi connectivity index (χ3n) is 5.07. The van der Waals surface area contributed by atoms with Crippen LogP contribution in [0.3, 0.4) is 0 Å². The summed E-state index contributed by atoms with van der Waals surface area (Å²) < 4.78 is 38.7. The largest absolute Gasteiger partial charge is 0.416 e. The molecule has 23 heavy (non-hydrogen) atoms. The lowest BCUT2D eigenvalue weighted by Gasteiger charge is -2.31. The van der Waals surface area contributed by atoms with Crippen molar-refractivity contribution in [2.24, 2.45) is 5.92 Å². The van der Waals surface area contributed by atoms with Crippen molar-refractivity contribution in [2.45, 2.75) is 43.8 Å². The van der Waals surface area contributed by atoms with Gasteiger partial charge in [-0.2, -0.15) is 13.2 Å². The first-order chi connectivity index (χ1) is 10.8. The van der Waals surface area contributed by atoms with Gasteiger partial charge in [-0.05, 0) is 43.4 Å². The summed E-state index contributed by atoms with van der Waals surface area (Å²) in [5, 5.41) is 6.29. The molecule has 1 aromatic rings. The van der Waals surface area contributed by atoms with Gasteiger partial charge in [-0.25, -0.2) is 0 Å². The normalized spacial score (nSPS) is 26.6. The molecule has 0 bridgehead atoms. The van der Waals surface area contributed by atoms with Crippen LogP contribution in [0.15, 0.2) is 24.3 Å². The second-order valence-corrected chi connectivity index (χ2v) is 6.71. The van der Waals surface area contributed by atoms with E-state index in [0.29, 0.717) is 30.9 Å². The molecule has 6 heteroatoms. The lowest BCUT2D eigenvalue weighted by molar-refractivity contribution is -0.137. The minimum atomic E-state index is -4.38. The molecule has 0 radical (unpaired) electrons. The maximum Gasteiger partial charge on any atom is 0.416 e. The molecule has 1 amide bonds. The first-order valence-corrected chi connectivity index (χ1v) is 8.02. The average Bonchev–Trinajstić information content (AvgIpc) is 3.31. The number of piperidine rings is 1. The van der Waals surface area contributed by atoms with E-state index in [1.807, 2.05) is 0 Å². The molecule has 2 N–H and O–H groups in total. The topological polar surface area (TPSA) is 41.1 Å². The van der Waals surface area contributed by atoms with E-state index in [1.54, 1.807) is 6.07 Å². The Labute approximate surface area is 133 Å². The highest BCUT2D eigenvalue weighted by atomic mass is 19.4. The fourth-order valence-corrected chi connectivity index (χ4v) is 3.25. The molecular formula is C17H21F3N2O. The molecule has 2 atom stereocenters. The second kappa shape index (κ2) is 5.82. The highest BCUT2D eigenvalue weighted by molar-refractivity contribution is 5.91. The monoisotopic (exact) mass is 326 g/mol. The van der Waals surface area contributed by atoms with Crippen LogP contribution in [0.1, 0.15) is 37.3 Å². The smallest absolute Gasteiger partial charge is 0.351 e. The Morgan fingerprint density at radius 2 is 2.09 bits per heavy atom. The summed E-state index contributed by atoms with van der Waals surface area (Å²) in [6.45, 7) is 3.74. The molecule has 1 aliphatic carbocycles. The van der Waals surface area contributed by atoms with Crippen LogP contribution in [-0.4, -0.2) is 25.0 Å². The van der Waals surface area contributed by atoms with Crippen molar-refractivity contribution in [3.63, 3.8) is 0 Å². The minimum Gasteiger partial charge on any atom is -0.351 e. The van der Waals surface area contributed by atoms with Crippen LogP contribution in [-0.2, 0) is 16.4 Å². The number of rotatable bonds is 3. The van der Waals surface area contributed by atoms with E-state index in [0.717, 1.165) is 25.1 Å². The molecule has 3 rings (SSSR count). The average molecular weight is 326 g/mol. The van der Waals surface area contributed by atoms with Crippen molar-refractivity contribution in [3.05, 3.63) is 35.4 Å². The molecule has 1 aromatic carbocycles. The van der Waals surface area contributed by atoms with Crippen molar-refractivity contribution in [3.8, 4) is 0 Å². The molecule has 126 valence electrons. The zero-order valence-electron chi connectivity index (χ0n) is 13.0. The Balaban J connectivity index is 1.78. The number of amides is 1. The van der Waals surface area contributed by atoms with E-state index < -0.39 is 17.2 Å². The van der Waals surface area contributed by atoms with E-state index in [-0.39, 0.29) is 11.9 Å². The third kappa shape index (κ3) is 3.22. The fourth-order valence-electron chi connectivity index (χ4n) is 3.25. The Morgan fingerprint density at radius 3 is 2.70 bits per heavy atom. The number of nitrogens with one attached hydrogen (secondary N) is 2. The molecule has 1 saturated carbocycles. The lowest BCUT2D eigenvalue weighted by Crippen LogP contribution is -2.52. The van der Waals surface area contributed by atoms with E-state index in [9.17, 15) is 18.0 Å². The van der Waals surface area contributed by atoms with E-state index in [2.05, 4.69) is 17.6 Å². The van der Waals surface area contributed by atoms with Crippen molar-refractivity contribution in [1.82, 2.24) is 10.6 Å². The summed E-state index contributed by atoms with van der Waals surface area (Å²) in [7, 11) is 0. The Kier molecular flexibility index (Phi) is 4.12. The molecule has 1 saturated heterocycles. The van der Waals surface area contributed by atoms with Crippen LogP contribution in [0.5, 0.6) is 0 Å². The van der Waals surface area contributed by atoms with Gasteiger partial charge in [0.2, 0.25) is 5.91 Å². The van der Waals surface area contributed by atoms with Gasteiger partial charge < -0.3 is 10.6 Å². The van der Waals surface area contributed by atoms with Gasteiger partial charge in [-0.1, -0.05) is 25.1 Å². The number of carbonyl (C=O) groups excluding carboxylic acids is 1. The summed E-state index contributed by atoms with van der Waals surface area (Å²) >= 11 is 0. The molecule has 3 nitrogen and oxygen atoms in total. The van der Waals surface area contributed by atoms with E-state index in [1.165, 1.54) is 6.07 Å². The summed E-state index contributed by atoms with van der Waals surface area (Å²) in [4.78, 5) is 12.7. The van der Waals surface area contributed by atoms with Gasteiger partial charge >= 0.3 is 6.18 Å². The number of hydrogen-bond donors (Lipinski definition) is 2. The second-order valence-electron chi connectivity index (χ2n) is 6.71. The van der Waals surface area contributed by atoms with E-state index >= 15 is 0 Å². The van der Waals surface area contributed by atoms with Crippen LogP contribution in [0, 0.1) is 5.92 Å². The van der Waals surface area contributed by atoms with Gasteiger partial charge in [0, 0.05) is 12.6 Å². The van der Waals surface area contributed by atoms with Crippen LogP contribution in [0.25, 0.3) is 0 Å². The summed E-state index contributed by atoms with van der Waals surface area (Å²) in [6, 6.07) is 5.22. The SMILES string of the molecule is CC1CCNCC1NC(=O)C1(c2cccc(C(F)(F)F)c2)CC1. The number of benzene rings is 1. The van der Waals surface area contributed by atoms with Gasteiger partial charge in [0.1, 0.15) is 0 Å². The molecule has 1 heterocycles. The molecule has 0 aromatic heterocycles. The molecule has 2 aliphatic rings. The van der Waals surface area contributed by atoms with Crippen LogP contribution < -0.4 is 10.6 Å². The lowest BCUT2D eigenvalue weighted by atomic mass is 9.90. The third-order valence-corrected chi connectivity index (χ3v) is 5.07. The molecule has 2 unspecified atom stereocenters. The van der Waals surface area contributed by atoms with Gasteiger partial charge in [-0.15, -0.1) is 0 Å². The summed E-state index contributed by atoms with van der Waals surface area (Å²) in [6.07, 6.45) is -2.19. The van der Waals surface area contributed by atoms with Crippen molar-refractivity contribution >= 4 is 5.91 Å². The first kappa shape index (κ1) is 16.3. The molecular weight excluding hydrogens is 305 g/mol. The van der Waals surface area contributed by atoms with Crippen molar-refractivity contribution in [2.75, 3.05) is 13.1 Å². The first-order valence-electron chi connectivity index (χ1n) is 8.02. The number of hydrogen-bond acceptors (Lipinski definition) is 2. The number of alkyl halides is 3. The van der Waals surface area contributed by atoms with Gasteiger partial charge in [0.25, 0.3) is 0 Å². The fraction of sp³-hybridized carbons (Fsp3) is 0.588. The van der Waals surface area contributed by atoms with Crippen LogP contribution >= 0.6 is 0 Å². The van der Waals surface area contributed by atoms with Gasteiger partial charge in [-0.3, -0.25) is 4.79 Å². The van der Waals surface area contributed by atoms with Crippen LogP contribution in [0.4, 0.5) is 13.2 Å². The quantitative estimate of drug-likeness (QED) is 0.897. The summed E-state index contributed by atoms with van der Waals surface area (Å²) in [5.74, 6) is 0.231. The number of halogens is 3. The van der Waals surface area contributed by atoms with Crippen molar-refractivity contribution in [1.29, 1.82) is 0 Å². The predicted molar refractivity (Wildman–Crippen MR) is 80.9 cm³/mol. The Hall–Kier alpha value is -1.56. The maximum absolute atomic E-state index is 12.9. The zero-order valence-corrected chi connectivity index (χ0v) is 13.0. The molecule has 0 spiro atoms. The molecule has 2 fully saturated rings. The van der Waals surface area contributed by atoms with Gasteiger partial charge in [0.15, 0.2) is 0 Å². The van der Waals surface area contributed by atoms with Gasteiger partial charge in [0.05, 0.1) is 11.0 Å². The highest BCUT2D eigenvalue weighted by Gasteiger charge is 2.52. The molecule has 1 aliphatic heterocycles. The standard InChI is InChI=1S/C17H21F3N2O/c1-11-5-8-21-10-14(11)22-15(23)16(6-7-16)12-3-2-4-13(9-12)17(18,19)20/h2-4,9,11,14,21H,5-8,10H2,1H3,(H,22,23). The van der Waals surface area contributed by atoms with Crippen LogP contribution in [0.2, 0.25) is 0 Å². The maximum atomic E-state index is 12.9. The minimum absolute atomic E-state index is 0.0412. The van der Waals surface area contributed by atoms with E-state index in [4.69, 9.17) is 0 Å². The Morgan fingerprint density at radius 1 is 1.35 bits per heavy atom.